The third kappa shape index (κ3) is 4.00. The molecular formula is C17H21BrN4O. The molecule has 0 atom stereocenters. The summed E-state index contributed by atoms with van der Waals surface area (Å²) >= 11 is 3.35. The standard InChI is InChI=1S/C17H21BrN4O/c1-21-16(15(18)11-19-21)17(23)20-14-7-5-13(6-8-14)12-22-9-3-2-4-10-22/h5-8,11H,2-4,9-10,12H2,1H3,(H,20,23). The zero-order chi connectivity index (χ0) is 16.2. The van der Waals surface area contributed by atoms with Crippen molar-refractivity contribution in [3.05, 3.63) is 46.2 Å². The quantitative estimate of drug-likeness (QED) is 0.888. The lowest BCUT2D eigenvalue weighted by Gasteiger charge is -2.26. The minimum atomic E-state index is -0.166. The Morgan fingerprint density at radius 1 is 1.22 bits per heavy atom. The van der Waals surface area contributed by atoms with E-state index in [4.69, 9.17) is 0 Å². The first-order valence-corrected chi connectivity index (χ1v) is 8.73. The lowest BCUT2D eigenvalue weighted by Crippen LogP contribution is -2.29. The molecule has 0 aliphatic carbocycles. The predicted molar refractivity (Wildman–Crippen MR) is 94.4 cm³/mol. The molecule has 5 nitrogen and oxygen atoms in total. The number of piperidine rings is 1. The summed E-state index contributed by atoms with van der Waals surface area (Å²) in [6, 6.07) is 8.09. The van der Waals surface area contributed by atoms with Crippen molar-refractivity contribution in [3.8, 4) is 0 Å². The Balaban J connectivity index is 1.62. The van der Waals surface area contributed by atoms with Gasteiger partial charge in [0.1, 0.15) is 5.69 Å². The number of benzene rings is 1. The lowest BCUT2D eigenvalue weighted by molar-refractivity contribution is 0.101. The molecule has 1 aliphatic heterocycles. The normalized spacial score (nSPS) is 15.6. The number of anilines is 1. The van der Waals surface area contributed by atoms with E-state index in [1.807, 2.05) is 12.1 Å². The van der Waals surface area contributed by atoms with Crippen LogP contribution < -0.4 is 5.32 Å². The smallest absolute Gasteiger partial charge is 0.275 e. The number of hydrogen-bond donors (Lipinski definition) is 1. The summed E-state index contributed by atoms with van der Waals surface area (Å²) < 4.78 is 2.25. The van der Waals surface area contributed by atoms with Gasteiger partial charge < -0.3 is 5.32 Å². The van der Waals surface area contributed by atoms with Gasteiger partial charge in [0.05, 0.1) is 10.7 Å². The summed E-state index contributed by atoms with van der Waals surface area (Å²) in [6.07, 6.45) is 5.57. The van der Waals surface area contributed by atoms with E-state index in [1.54, 1.807) is 17.9 Å². The summed E-state index contributed by atoms with van der Waals surface area (Å²) in [4.78, 5) is 14.8. The van der Waals surface area contributed by atoms with E-state index >= 15 is 0 Å². The molecular weight excluding hydrogens is 356 g/mol. The monoisotopic (exact) mass is 376 g/mol. The summed E-state index contributed by atoms with van der Waals surface area (Å²) in [5.74, 6) is -0.166. The highest BCUT2D eigenvalue weighted by Gasteiger charge is 2.15. The number of likely N-dealkylation sites (tertiary alicyclic amines) is 1. The fourth-order valence-electron chi connectivity index (χ4n) is 2.93. The molecule has 1 saturated heterocycles. The second-order valence-corrected chi connectivity index (χ2v) is 6.81. The van der Waals surface area contributed by atoms with E-state index in [1.165, 1.54) is 37.9 Å². The number of carbonyl (C=O) groups excluding carboxylic acids is 1. The SMILES string of the molecule is Cn1ncc(Br)c1C(=O)Nc1ccc(CN2CCCCC2)cc1. The Morgan fingerprint density at radius 2 is 1.91 bits per heavy atom. The number of carbonyl (C=O) groups is 1. The second-order valence-electron chi connectivity index (χ2n) is 5.95. The van der Waals surface area contributed by atoms with Gasteiger partial charge in [-0.15, -0.1) is 0 Å². The molecule has 0 spiro atoms. The van der Waals surface area contributed by atoms with Crippen LogP contribution in [0.25, 0.3) is 0 Å². The van der Waals surface area contributed by atoms with E-state index in [-0.39, 0.29) is 5.91 Å². The van der Waals surface area contributed by atoms with Gasteiger partial charge >= 0.3 is 0 Å². The predicted octanol–water partition coefficient (Wildman–Crippen LogP) is 3.42. The van der Waals surface area contributed by atoms with Crippen LogP contribution >= 0.6 is 15.9 Å². The van der Waals surface area contributed by atoms with Gasteiger partial charge in [-0.2, -0.15) is 5.10 Å². The molecule has 1 N–H and O–H groups in total. The van der Waals surface area contributed by atoms with Crippen LogP contribution in [0.1, 0.15) is 35.3 Å². The third-order valence-corrected chi connectivity index (χ3v) is 4.76. The van der Waals surface area contributed by atoms with Crippen molar-refractivity contribution >= 4 is 27.5 Å². The van der Waals surface area contributed by atoms with Crippen LogP contribution in [0.5, 0.6) is 0 Å². The fourth-order valence-corrected chi connectivity index (χ4v) is 3.45. The van der Waals surface area contributed by atoms with Crippen molar-refractivity contribution in [2.75, 3.05) is 18.4 Å². The summed E-state index contributed by atoms with van der Waals surface area (Å²) in [5, 5.41) is 6.97. The molecule has 2 heterocycles. The molecule has 1 aliphatic rings. The molecule has 2 aromatic rings. The van der Waals surface area contributed by atoms with Gasteiger partial charge in [0, 0.05) is 19.3 Å². The highest BCUT2D eigenvalue weighted by Crippen LogP contribution is 2.18. The zero-order valence-electron chi connectivity index (χ0n) is 13.3. The molecule has 0 radical (unpaired) electrons. The van der Waals surface area contributed by atoms with Crippen molar-refractivity contribution < 1.29 is 4.79 Å². The molecule has 1 amide bonds. The van der Waals surface area contributed by atoms with Gasteiger partial charge in [-0.05, 0) is 59.6 Å². The molecule has 0 unspecified atom stereocenters. The Morgan fingerprint density at radius 3 is 2.52 bits per heavy atom. The molecule has 3 rings (SSSR count). The van der Waals surface area contributed by atoms with Crippen LogP contribution in [0, 0.1) is 0 Å². The highest BCUT2D eigenvalue weighted by atomic mass is 79.9. The highest BCUT2D eigenvalue weighted by molar-refractivity contribution is 9.10. The van der Waals surface area contributed by atoms with Crippen LogP contribution in [0.2, 0.25) is 0 Å². The maximum absolute atomic E-state index is 12.3. The first kappa shape index (κ1) is 16.2. The first-order valence-electron chi connectivity index (χ1n) is 7.93. The van der Waals surface area contributed by atoms with Crippen LogP contribution in [0.15, 0.2) is 34.9 Å². The largest absolute Gasteiger partial charge is 0.321 e. The van der Waals surface area contributed by atoms with Gasteiger partial charge in [-0.25, -0.2) is 0 Å². The summed E-state index contributed by atoms with van der Waals surface area (Å²) in [6.45, 7) is 3.36. The third-order valence-electron chi connectivity index (χ3n) is 4.18. The van der Waals surface area contributed by atoms with Crippen molar-refractivity contribution in [1.29, 1.82) is 0 Å². The van der Waals surface area contributed by atoms with E-state index in [2.05, 4.69) is 43.4 Å². The molecule has 122 valence electrons. The Bertz CT molecular complexity index is 655. The van der Waals surface area contributed by atoms with E-state index in [0.717, 1.165) is 12.2 Å². The minimum absolute atomic E-state index is 0.166. The van der Waals surface area contributed by atoms with E-state index in [9.17, 15) is 4.79 Å². The van der Waals surface area contributed by atoms with Gasteiger partial charge in [0.25, 0.3) is 5.91 Å². The van der Waals surface area contributed by atoms with Gasteiger partial charge in [-0.3, -0.25) is 14.4 Å². The average molecular weight is 377 g/mol. The number of aryl methyl sites for hydroxylation is 1. The number of hydrogen-bond acceptors (Lipinski definition) is 3. The van der Waals surface area contributed by atoms with Crippen LogP contribution in [-0.4, -0.2) is 33.7 Å². The van der Waals surface area contributed by atoms with Gasteiger partial charge in [0.2, 0.25) is 0 Å². The second kappa shape index (κ2) is 7.27. The summed E-state index contributed by atoms with van der Waals surface area (Å²) in [7, 11) is 1.75. The Labute approximate surface area is 144 Å². The molecule has 6 heteroatoms. The number of amides is 1. The molecule has 1 aromatic heterocycles. The zero-order valence-corrected chi connectivity index (χ0v) is 14.8. The molecule has 1 aromatic carbocycles. The van der Waals surface area contributed by atoms with E-state index in [0.29, 0.717) is 10.2 Å². The number of nitrogens with one attached hydrogen (secondary N) is 1. The van der Waals surface area contributed by atoms with Crippen molar-refractivity contribution in [2.45, 2.75) is 25.8 Å². The van der Waals surface area contributed by atoms with Gasteiger partial charge in [-0.1, -0.05) is 18.6 Å². The van der Waals surface area contributed by atoms with Crippen molar-refractivity contribution in [1.82, 2.24) is 14.7 Å². The molecule has 23 heavy (non-hydrogen) atoms. The maximum atomic E-state index is 12.3. The Hall–Kier alpha value is -1.66. The Kier molecular flexibility index (Phi) is 5.13. The molecule has 0 bridgehead atoms. The molecule has 0 saturated carbocycles. The van der Waals surface area contributed by atoms with Crippen molar-refractivity contribution in [2.24, 2.45) is 7.05 Å². The van der Waals surface area contributed by atoms with Gasteiger partial charge in [0.15, 0.2) is 0 Å². The minimum Gasteiger partial charge on any atom is -0.321 e. The average Bonchev–Trinajstić information content (AvgIpc) is 2.89. The number of aromatic nitrogens is 2. The maximum Gasteiger partial charge on any atom is 0.275 e. The number of rotatable bonds is 4. The number of nitrogens with zero attached hydrogens (tertiary/aromatic N) is 3. The summed E-state index contributed by atoms with van der Waals surface area (Å²) in [5.41, 5.74) is 2.60. The topological polar surface area (TPSA) is 50.2 Å². The van der Waals surface area contributed by atoms with Crippen LogP contribution in [-0.2, 0) is 13.6 Å². The first-order chi connectivity index (χ1) is 11.1. The molecule has 1 fully saturated rings. The van der Waals surface area contributed by atoms with Crippen LogP contribution in [0.4, 0.5) is 5.69 Å². The van der Waals surface area contributed by atoms with Crippen LogP contribution in [0.3, 0.4) is 0 Å². The fraction of sp³-hybridized carbons (Fsp3) is 0.412. The van der Waals surface area contributed by atoms with Crippen molar-refractivity contribution in [3.63, 3.8) is 0 Å². The van der Waals surface area contributed by atoms with E-state index < -0.39 is 0 Å². The lowest BCUT2D eigenvalue weighted by atomic mass is 10.1. The number of halogens is 1.